The highest BCUT2D eigenvalue weighted by atomic mass is 35.5. The van der Waals surface area contributed by atoms with E-state index in [0.29, 0.717) is 23.1 Å². The number of nitrogens with one attached hydrogen (secondary N) is 2. The van der Waals surface area contributed by atoms with E-state index in [1.807, 2.05) is 25.3 Å². The van der Waals surface area contributed by atoms with E-state index in [1.54, 1.807) is 6.20 Å². The summed E-state index contributed by atoms with van der Waals surface area (Å²) < 4.78 is 10.6. The minimum absolute atomic E-state index is 0.138. The van der Waals surface area contributed by atoms with E-state index >= 15 is 0 Å². The highest BCUT2D eigenvalue weighted by Crippen LogP contribution is 2.39. The summed E-state index contributed by atoms with van der Waals surface area (Å²) in [4.78, 5) is 7.30. The molecule has 0 fully saturated rings. The lowest BCUT2D eigenvalue weighted by atomic mass is 10.2. The zero-order valence-corrected chi connectivity index (χ0v) is 11.2. The van der Waals surface area contributed by atoms with Crippen molar-refractivity contribution in [3.05, 3.63) is 40.9 Å². The largest absolute Gasteiger partial charge is 0.454 e. The number of benzene rings is 1. The molecule has 5 nitrogen and oxygen atoms in total. The highest BCUT2D eigenvalue weighted by molar-refractivity contribution is 6.32. The van der Waals surface area contributed by atoms with Gasteiger partial charge >= 0.3 is 0 Å². The number of hydrogen-bond donors (Lipinski definition) is 2. The molecule has 1 aromatic heterocycles. The monoisotopic (exact) mass is 279 g/mol. The van der Waals surface area contributed by atoms with E-state index in [4.69, 9.17) is 21.1 Å². The number of halogens is 1. The molecule has 0 amide bonds. The number of imidazole rings is 1. The lowest BCUT2D eigenvalue weighted by Gasteiger charge is -2.12. The van der Waals surface area contributed by atoms with E-state index < -0.39 is 0 Å². The molecule has 0 radical (unpaired) electrons. The van der Waals surface area contributed by atoms with Crippen molar-refractivity contribution >= 4 is 11.6 Å². The fourth-order valence-corrected chi connectivity index (χ4v) is 2.29. The summed E-state index contributed by atoms with van der Waals surface area (Å²) in [5, 5.41) is 3.95. The van der Waals surface area contributed by atoms with Gasteiger partial charge in [-0.3, -0.25) is 0 Å². The van der Waals surface area contributed by atoms with Gasteiger partial charge in [0, 0.05) is 18.9 Å². The van der Waals surface area contributed by atoms with Crippen LogP contribution in [-0.4, -0.2) is 16.8 Å². The summed E-state index contributed by atoms with van der Waals surface area (Å²) in [6.45, 7) is 2.96. The number of aromatic amines is 1. The summed E-state index contributed by atoms with van der Waals surface area (Å²) >= 11 is 6.14. The molecule has 1 aromatic carbocycles. The fraction of sp³-hybridized carbons (Fsp3) is 0.308. The molecule has 1 aliphatic rings. The van der Waals surface area contributed by atoms with Crippen LogP contribution in [0.4, 0.5) is 0 Å². The Morgan fingerprint density at radius 1 is 1.47 bits per heavy atom. The van der Waals surface area contributed by atoms with Crippen molar-refractivity contribution in [2.75, 3.05) is 6.79 Å². The molecule has 2 heterocycles. The van der Waals surface area contributed by atoms with Crippen molar-refractivity contribution in [2.45, 2.75) is 19.5 Å². The molecule has 6 heteroatoms. The van der Waals surface area contributed by atoms with Crippen molar-refractivity contribution < 1.29 is 9.47 Å². The van der Waals surface area contributed by atoms with Gasteiger partial charge in [-0.25, -0.2) is 4.98 Å². The minimum atomic E-state index is 0.138. The lowest BCUT2D eigenvalue weighted by Crippen LogP contribution is -2.19. The van der Waals surface area contributed by atoms with Gasteiger partial charge in [-0.2, -0.15) is 0 Å². The van der Waals surface area contributed by atoms with Crippen LogP contribution in [0.15, 0.2) is 24.5 Å². The first-order valence-electron chi connectivity index (χ1n) is 6.04. The number of fused-ring (bicyclic) bond motifs is 1. The summed E-state index contributed by atoms with van der Waals surface area (Å²) in [6.07, 6.45) is 3.55. The van der Waals surface area contributed by atoms with Crippen LogP contribution < -0.4 is 14.8 Å². The molecule has 1 aliphatic heterocycles. The summed E-state index contributed by atoms with van der Waals surface area (Å²) in [5.41, 5.74) is 1.05. The molecule has 0 spiro atoms. The lowest BCUT2D eigenvalue weighted by molar-refractivity contribution is 0.174. The van der Waals surface area contributed by atoms with Crippen LogP contribution in [-0.2, 0) is 6.54 Å². The van der Waals surface area contributed by atoms with Gasteiger partial charge in [0.15, 0.2) is 11.5 Å². The second-order valence-corrected chi connectivity index (χ2v) is 4.80. The van der Waals surface area contributed by atoms with Crippen LogP contribution in [0.2, 0.25) is 5.02 Å². The van der Waals surface area contributed by atoms with Crippen LogP contribution in [0.25, 0.3) is 0 Å². The number of hydrogen-bond acceptors (Lipinski definition) is 4. The Morgan fingerprint density at radius 2 is 2.37 bits per heavy atom. The van der Waals surface area contributed by atoms with Gasteiger partial charge in [-0.1, -0.05) is 11.6 Å². The van der Waals surface area contributed by atoms with Gasteiger partial charge in [-0.05, 0) is 24.6 Å². The second-order valence-electron chi connectivity index (χ2n) is 4.39. The van der Waals surface area contributed by atoms with Crippen molar-refractivity contribution in [3.63, 3.8) is 0 Å². The maximum absolute atomic E-state index is 6.14. The van der Waals surface area contributed by atoms with E-state index in [0.717, 1.165) is 11.4 Å². The van der Waals surface area contributed by atoms with Gasteiger partial charge in [-0.15, -0.1) is 0 Å². The number of aromatic nitrogens is 2. The van der Waals surface area contributed by atoms with E-state index in [9.17, 15) is 0 Å². The zero-order chi connectivity index (χ0) is 13.2. The molecule has 2 N–H and O–H groups in total. The number of nitrogens with zero attached hydrogens (tertiary/aromatic N) is 1. The van der Waals surface area contributed by atoms with Gasteiger partial charge in [0.1, 0.15) is 5.82 Å². The average Bonchev–Trinajstić information content (AvgIpc) is 3.06. The third-order valence-electron chi connectivity index (χ3n) is 3.03. The molecule has 2 aromatic rings. The Bertz CT molecular complexity index is 572. The Balaban J connectivity index is 1.69. The molecule has 100 valence electrons. The third-order valence-corrected chi connectivity index (χ3v) is 3.31. The maximum atomic E-state index is 6.14. The van der Waals surface area contributed by atoms with Gasteiger partial charge < -0.3 is 19.8 Å². The van der Waals surface area contributed by atoms with Crippen LogP contribution >= 0.6 is 11.6 Å². The number of H-pyrrole nitrogens is 1. The van der Waals surface area contributed by atoms with Gasteiger partial charge in [0.25, 0.3) is 0 Å². The molecule has 3 rings (SSSR count). The standard InChI is InChI=1S/C13H14ClN3O2/c1-8(13-15-2-3-16-13)17-6-9-4-10(14)12-11(5-9)18-7-19-12/h2-5,8,17H,6-7H2,1H3,(H,15,16). The topological polar surface area (TPSA) is 59.2 Å². The van der Waals surface area contributed by atoms with Crippen LogP contribution in [0.5, 0.6) is 11.5 Å². The summed E-state index contributed by atoms with van der Waals surface area (Å²) in [5.74, 6) is 2.24. The Morgan fingerprint density at radius 3 is 3.16 bits per heavy atom. The zero-order valence-electron chi connectivity index (χ0n) is 10.4. The molecule has 1 atom stereocenters. The van der Waals surface area contributed by atoms with E-state index in [2.05, 4.69) is 15.3 Å². The summed E-state index contributed by atoms with van der Waals surface area (Å²) in [6, 6.07) is 3.96. The normalized spacial score (nSPS) is 14.6. The smallest absolute Gasteiger partial charge is 0.231 e. The molecule has 1 unspecified atom stereocenters. The first-order valence-corrected chi connectivity index (χ1v) is 6.42. The van der Waals surface area contributed by atoms with Crippen molar-refractivity contribution in [2.24, 2.45) is 0 Å². The van der Waals surface area contributed by atoms with E-state index in [1.165, 1.54) is 0 Å². The molecular formula is C13H14ClN3O2. The number of rotatable bonds is 4. The molecule has 0 aliphatic carbocycles. The van der Waals surface area contributed by atoms with E-state index in [-0.39, 0.29) is 12.8 Å². The van der Waals surface area contributed by atoms with Crippen molar-refractivity contribution in [1.82, 2.24) is 15.3 Å². The molecule has 0 saturated carbocycles. The summed E-state index contributed by atoms with van der Waals surface area (Å²) in [7, 11) is 0. The second kappa shape index (κ2) is 5.11. The first-order chi connectivity index (χ1) is 9.24. The quantitative estimate of drug-likeness (QED) is 0.903. The Hall–Kier alpha value is -1.72. The highest BCUT2D eigenvalue weighted by Gasteiger charge is 2.18. The molecule has 19 heavy (non-hydrogen) atoms. The Kier molecular flexibility index (Phi) is 3.31. The number of ether oxygens (including phenoxy) is 2. The minimum Gasteiger partial charge on any atom is -0.454 e. The van der Waals surface area contributed by atoms with Crippen LogP contribution in [0, 0.1) is 0 Å². The molecular weight excluding hydrogens is 266 g/mol. The van der Waals surface area contributed by atoms with Crippen molar-refractivity contribution in [1.29, 1.82) is 0 Å². The first kappa shape index (κ1) is 12.3. The average molecular weight is 280 g/mol. The molecule has 0 bridgehead atoms. The fourth-order valence-electron chi connectivity index (χ4n) is 2.00. The van der Waals surface area contributed by atoms with Crippen molar-refractivity contribution in [3.8, 4) is 11.5 Å². The van der Waals surface area contributed by atoms with Crippen LogP contribution in [0.3, 0.4) is 0 Å². The molecule has 0 saturated heterocycles. The third kappa shape index (κ3) is 2.52. The van der Waals surface area contributed by atoms with Gasteiger partial charge in [0.05, 0.1) is 11.1 Å². The predicted octanol–water partition coefficient (Wildman–Crippen LogP) is 2.64. The SMILES string of the molecule is CC(NCc1cc(Cl)c2c(c1)OCO2)c1ncc[nH]1. The Labute approximate surface area is 115 Å². The maximum Gasteiger partial charge on any atom is 0.231 e. The van der Waals surface area contributed by atoms with Crippen LogP contribution in [0.1, 0.15) is 24.4 Å². The van der Waals surface area contributed by atoms with Gasteiger partial charge in [0.2, 0.25) is 6.79 Å². The predicted molar refractivity (Wildman–Crippen MR) is 71.4 cm³/mol.